The number of rotatable bonds is 2. The Hall–Kier alpha value is -1.06. The minimum absolute atomic E-state index is 0.0632. The second-order valence-corrected chi connectivity index (χ2v) is 5.02. The summed E-state index contributed by atoms with van der Waals surface area (Å²) in [5.74, 6) is 0.464. The minimum Gasteiger partial charge on any atom is -0.324 e. The Morgan fingerprint density at radius 1 is 1.44 bits per heavy atom. The third-order valence-corrected chi connectivity index (χ3v) is 3.91. The van der Waals surface area contributed by atoms with Crippen molar-refractivity contribution in [1.82, 2.24) is 0 Å². The zero-order chi connectivity index (χ0) is 11.3. The van der Waals surface area contributed by atoms with Crippen molar-refractivity contribution < 1.29 is 4.79 Å². The minimum atomic E-state index is -0.544. The van der Waals surface area contributed by atoms with E-state index >= 15 is 0 Å². The van der Waals surface area contributed by atoms with Crippen molar-refractivity contribution >= 4 is 23.2 Å². The summed E-state index contributed by atoms with van der Waals surface area (Å²) in [6, 6.07) is 5.30. The van der Waals surface area contributed by atoms with Gasteiger partial charge in [-0.3, -0.25) is 4.79 Å². The Balaban J connectivity index is 1.96. The van der Waals surface area contributed by atoms with Gasteiger partial charge in [0, 0.05) is 11.3 Å². The van der Waals surface area contributed by atoms with E-state index in [0.29, 0.717) is 5.92 Å². The van der Waals surface area contributed by atoms with Crippen LogP contribution in [0.5, 0.6) is 0 Å². The third kappa shape index (κ3) is 1.51. The van der Waals surface area contributed by atoms with Crippen LogP contribution in [-0.2, 0) is 4.79 Å². The molecule has 16 heavy (non-hydrogen) atoms. The van der Waals surface area contributed by atoms with E-state index in [1.165, 1.54) is 12.8 Å². The molecular weight excluding hydrogens is 224 g/mol. The lowest BCUT2D eigenvalue weighted by Crippen LogP contribution is -2.19. The van der Waals surface area contributed by atoms with E-state index in [4.69, 9.17) is 17.3 Å². The lowest BCUT2D eigenvalue weighted by atomic mass is 10.0. The van der Waals surface area contributed by atoms with Crippen molar-refractivity contribution in [2.75, 3.05) is 5.32 Å². The van der Waals surface area contributed by atoms with E-state index < -0.39 is 6.04 Å². The maximum atomic E-state index is 11.4. The summed E-state index contributed by atoms with van der Waals surface area (Å²) in [5, 5.41) is 2.81. The fraction of sp³-hybridized carbons (Fsp3) is 0.417. The second kappa shape index (κ2) is 3.47. The average molecular weight is 237 g/mol. The molecule has 0 radical (unpaired) electrons. The van der Waals surface area contributed by atoms with E-state index in [2.05, 4.69) is 5.32 Å². The molecule has 1 aromatic carbocycles. The highest BCUT2D eigenvalue weighted by Gasteiger charge is 2.33. The number of nitrogens with two attached hydrogens (primary N) is 1. The number of hydrogen-bond donors (Lipinski definition) is 2. The van der Waals surface area contributed by atoms with Crippen molar-refractivity contribution in [2.24, 2.45) is 11.7 Å². The second-order valence-electron chi connectivity index (χ2n) is 4.55. The Morgan fingerprint density at radius 3 is 2.88 bits per heavy atom. The molecule has 4 heteroatoms. The smallest absolute Gasteiger partial charge is 0.245 e. The number of fused-ring (bicyclic) bond motifs is 1. The van der Waals surface area contributed by atoms with Crippen molar-refractivity contribution in [3.8, 4) is 0 Å². The predicted octanol–water partition coefficient (Wildman–Crippen LogP) is 2.33. The van der Waals surface area contributed by atoms with Crippen molar-refractivity contribution in [3.63, 3.8) is 0 Å². The van der Waals surface area contributed by atoms with Gasteiger partial charge in [0.05, 0.1) is 5.38 Å². The molecule has 84 valence electrons. The molecule has 3 nitrogen and oxygen atoms in total. The van der Waals surface area contributed by atoms with Crippen molar-refractivity contribution in [2.45, 2.75) is 24.3 Å². The highest BCUT2D eigenvalue weighted by molar-refractivity contribution is 6.21. The van der Waals surface area contributed by atoms with Gasteiger partial charge in [0.1, 0.15) is 6.04 Å². The summed E-state index contributed by atoms with van der Waals surface area (Å²) in [5.41, 5.74) is 8.56. The highest BCUT2D eigenvalue weighted by atomic mass is 35.5. The van der Waals surface area contributed by atoms with Crippen LogP contribution in [0.3, 0.4) is 0 Å². The summed E-state index contributed by atoms with van der Waals surface area (Å²) in [6.07, 6.45) is 2.41. The Bertz CT molecular complexity index is 456. The van der Waals surface area contributed by atoms with Gasteiger partial charge in [-0.1, -0.05) is 12.1 Å². The molecule has 0 aromatic heterocycles. The quantitative estimate of drug-likeness (QED) is 0.775. The standard InChI is InChI=1S/C12H13ClN2O/c13-10(6-1-2-6)7-3-4-9-8(5-7)11(14)12(16)15-9/h3-6,10-11H,1-2,14H2,(H,15,16)/t10-,11-/m1/s1. The summed E-state index contributed by atoms with van der Waals surface area (Å²) in [4.78, 5) is 11.4. The highest BCUT2D eigenvalue weighted by Crippen LogP contribution is 2.46. The Morgan fingerprint density at radius 2 is 2.19 bits per heavy atom. The molecule has 0 spiro atoms. The topological polar surface area (TPSA) is 55.1 Å². The average Bonchev–Trinajstić information content (AvgIpc) is 3.07. The van der Waals surface area contributed by atoms with Crippen LogP contribution < -0.4 is 11.1 Å². The monoisotopic (exact) mass is 236 g/mol. The number of nitrogens with one attached hydrogen (secondary N) is 1. The largest absolute Gasteiger partial charge is 0.324 e. The van der Waals surface area contributed by atoms with Gasteiger partial charge >= 0.3 is 0 Å². The number of hydrogen-bond acceptors (Lipinski definition) is 2. The van der Waals surface area contributed by atoms with Gasteiger partial charge in [-0.15, -0.1) is 11.6 Å². The van der Waals surface area contributed by atoms with Gasteiger partial charge in [-0.2, -0.15) is 0 Å². The number of alkyl halides is 1. The van der Waals surface area contributed by atoms with Crippen LogP contribution in [-0.4, -0.2) is 5.91 Å². The molecule has 3 N–H and O–H groups in total. The van der Waals surface area contributed by atoms with E-state index in [-0.39, 0.29) is 11.3 Å². The molecule has 0 saturated heterocycles. The molecule has 0 unspecified atom stereocenters. The fourth-order valence-corrected chi connectivity index (χ4v) is 2.52. The lowest BCUT2D eigenvalue weighted by molar-refractivity contribution is -0.116. The number of halogens is 1. The molecule has 1 fully saturated rings. The molecular formula is C12H13ClN2O. The van der Waals surface area contributed by atoms with Gasteiger partial charge in [0.2, 0.25) is 5.91 Å². The number of carbonyl (C=O) groups is 1. The number of benzene rings is 1. The van der Waals surface area contributed by atoms with Crippen LogP contribution in [0.1, 0.15) is 35.4 Å². The molecule has 2 atom stereocenters. The van der Waals surface area contributed by atoms with Gasteiger partial charge in [-0.05, 0) is 30.4 Å². The molecule has 1 saturated carbocycles. The maximum absolute atomic E-state index is 11.4. The van der Waals surface area contributed by atoms with Crippen molar-refractivity contribution in [1.29, 1.82) is 0 Å². The Kier molecular flexibility index (Phi) is 2.19. The van der Waals surface area contributed by atoms with Gasteiger partial charge < -0.3 is 11.1 Å². The third-order valence-electron chi connectivity index (χ3n) is 3.31. The van der Waals surface area contributed by atoms with Crippen molar-refractivity contribution in [3.05, 3.63) is 29.3 Å². The maximum Gasteiger partial charge on any atom is 0.245 e. The fourth-order valence-electron chi connectivity index (χ4n) is 2.14. The molecule has 1 aromatic rings. The predicted molar refractivity (Wildman–Crippen MR) is 63.3 cm³/mol. The van der Waals surface area contributed by atoms with Crippen LogP contribution in [0.25, 0.3) is 0 Å². The molecule has 1 amide bonds. The van der Waals surface area contributed by atoms with Crippen LogP contribution in [0.2, 0.25) is 0 Å². The number of amides is 1. The first kappa shape index (κ1) is 10.1. The first-order chi connectivity index (χ1) is 7.66. The van der Waals surface area contributed by atoms with Crippen LogP contribution in [0.4, 0.5) is 5.69 Å². The molecule has 1 heterocycles. The Labute approximate surface area is 99.0 Å². The van der Waals surface area contributed by atoms with E-state index in [9.17, 15) is 4.79 Å². The molecule has 3 rings (SSSR count). The number of anilines is 1. The summed E-state index contributed by atoms with van der Waals surface area (Å²) < 4.78 is 0. The number of carbonyl (C=O) groups excluding carboxylic acids is 1. The SMILES string of the molecule is N[C@H]1C(=O)Nc2ccc([C@H](Cl)C3CC3)cc21. The van der Waals surface area contributed by atoms with Crippen LogP contribution >= 0.6 is 11.6 Å². The first-order valence-electron chi connectivity index (χ1n) is 5.51. The zero-order valence-electron chi connectivity index (χ0n) is 8.74. The van der Waals surface area contributed by atoms with Gasteiger partial charge in [0.25, 0.3) is 0 Å². The van der Waals surface area contributed by atoms with Gasteiger partial charge in [-0.25, -0.2) is 0 Å². The zero-order valence-corrected chi connectivity index (χ0v) is 9.50. The van der Waals surface area contributed by atoms with Crippen LogP contribution in [0.15, 0.2) is 18.2 Å². The molecule has 0 bridgehead atoms. The lowest BCUT2D eigenvalue weighted by Gasteiger charge is -2.10. The molecule has 1 aliphatic heterocycles. The molecule has 1 aliphatic carbocycles. The summed E-state index contributed by atoms with van der Waals surface area (Å²) in [6.45, 7) is 0. The van der Waals surface area contributed by atoms with Crippen LogP contribution in [0, 0.1) is 5.92 Å². The van der Waals surface area contributed by atoms with E-state index in [1.54, 1.807) is 0 Å². The van der Waals surface area contributed by atoms with E-state index in [0.717, 1.165) is 16.8 Å². The molecule has 2 aliphatic rings. The van der Waals surface area contributed by atoms with E-state index in [1.807, 2.05) is 18.2 Å². The van der Waals surface area contributed by atoms with Gasteiger partial charge in [0.15, 0.2) is 0 Å². The normalized spacial score (nSPS) is 25.1. The summed E-state index contributed by atoms with van der Waals surface area (Å²) >= 11 is 6.34. The first-order valence-corrected chi connectivity index (χ1v) is 5.95. The summed E-state index contributed by atoms with van der Waals surface area (Å²) in [7, 11) is 0.